The van der Waals surface area contributed by atoms with E-state index in [1.165, 1.54) is 6.20 Å². The van der Waals surface area contributed by atoms with E-state index in [2.05, 4.69) is 15.0 Å². The first-order chi connectivity index (χ1) is 13.1. The second kappa shape index (κ2) is 6.76. The van der Waals surface area contributed by atoms with Gasteiger partial charge in [-0.2, -0.15) is 0 Å². The summed E-state index contributed by atoms with van der Waals surface area (Å²) in [7, 11) is 0. The highest BCUT2D eigenvalue weighted by molar-refractivity contribution is 5.97. The summed E-state index contributed by atoms with van der Waals surface area (Å²) in [6.07, 6.45) is 1.54. The summed E-state index contributed by atoms with van der Waals surface area (Å²) in [6.45, 7) is 0. The average molecular weight is 356 g/mol. The minimum absolute atomic E-state index is 0.131. The SMILES string of the molecule is Nc1nccc(-c2cc(C(=O)O)c(-c3cccc(-c4ccccc4)c3)[nH]2)n1. The molecule has 0 fully saturated rings. The minimum Gasteiger partial charge on any atom is -0.478 e. The van der Waals surface area contributed by atoms with Gasteiger partial charge < -0.3 is 15.8 Å². The lowest BCUT2D eigenvalue weighted by molar-refractivity contribution is 0.0698. The van der Waals surface area contributed by atoms with Gasteiger partial charge in [-0.15, -0.1) is 0 Å². The van der Waals surface area contributed by atoms with Gasteiger partial charge in [0.2, 0.25) is 5.95 Å². The predicted octanol–water partition coefficient (Wildman–Crippen LogP) is 4.09. The van der Waals surface area contributed by atoms with Crippen molar-refractivity contribution in [2.45, 2.75) is 0 Å². The standard InChI is InChI=1S/C21H16N4O2/c22-21-23-10-9-17(25-21)18-12-16(20(26)27)19(24-18)15-8-4-7-14(11-15)13-5-2-1-3-6-13/h1-12,24H,(H,26,27)(H2,22,23,25). The lowest BCUT2D eigenvalue weighted by Crippen LogP contribution is -1.96. The van der Waals surface area contributed by atoms with E-state index >= 15 is 0 Å². The van der Waals surface area contributed by atoms with Gasteiger partial charge in [-0.25, -0.2) is 14.8 Å². The monoisotopic (exact) mass is 356 g/mol. The molecule has 0 atom stereocenters. The Hall–Kier alpha value is -3.93. The van der Waals surface area contributed by atoms with Gasteiger partial charge >= 0.3 is 5.97 Å². The highest BCUT2D eigenvalue weighted by Gasteiger charge is 2.18. The molecule has 2 aromatic carbocycles. The van der Waals surface area contributed by atoms with Crippen LogP contribution in [-0.2, 0) is 0 Å². The molecule has 0 spiro atoms. The number of hydrogen-bond acceptors (Lipinski definition) is 4. The number of carboxylic acid groups (broad SMARTS) is 1. The molecule has 6 nitrogen and oxygen atoms in total. The lowest BCUT2D eigenvalue weighted by Gasteiger charge is -2.06. The Morgan fingerprint density at radius 1 is 0.926 bits per heavy atom. The number of carbonyl (C=O) groups is 1. The van der Waals surface area contributed by atoms with Crippen molar-refractivity contribution >= 4 is 11.9 Å². The summed E-state index contributed by atoms with van der Waals surface area (Å²) in [5, 5.41) is 9.65. The maximum Gasteiger partial charge on any atom is 0.337 e. The molecule has 0 unspecified atom stereocenters. The molecule has 0 saturated carbocycles. The average Bonchev–Trinajstić information content (AvgIpc) is 3.15. The molecule has 2 heterocycles. The summed E-state index contributed by atoms with van der Waals surface area (Å²) in [5.74, 6) is -0.883. The van der Waals surface area contributed by atoms with Gasteiger partial charge in [0.05, 0.1) is 22.6 Å². The molecule has 4 aromatic rings. The van der Waals surface area contributed by atoms with Gasteiger partial charge in [-0.3, -0.25) is 0 Å². The molecular weight excluding hydrogens is 340 g/mol. The molecule has 0 aliphatic heterocycles. The van der Waals surface area contributed by atoms with Crippen molar-refractivity contribution in [2.24, 2.45) is 0 Å². The van der Waals surface area contributed by atoms with E-state index in [0.717, 1.165) is 16.7 Å². The van der Waals surface area contributed by atoms with E-state index in [9.17, 15) is 9.90 Å². The van der Waals surface area contributed by atoms with Crippen LogP contribution in [0.2, 0.25) is 0 Å². The molecule has 0 aliphatic rings. The molecule has 132 valence electrons. The highest BCUT2D eigenvalue weighted by Crippen LogP contribution is 2.31. The summed E-state index contributed by atoms with van der Waals surface area (Å²) < 4.78 is 0. The van der Waals surface area contributed by atoms with Gasteiger partial charge in [0.25, 0.3) is 0 Å². The Kier molecular flexibility index (Phi) is 4.14. The number of H-pyrrole nitrogens is 1. The highest BCUT2D eigenvalue weighted by atomic mass is 16.4. The minimum atomic E-state index is -1.01. The number of anilines is 1. The number of aromatic nitrogens is 3. The van der Waals surface area contributed by atoms with Crippen LogP contribution in [0.4, 0.5) is 5.95 Å². The lowest BCUT2D eigenvalue weighted by atomic mass is 10.0. The summed E-state index contributed by atoms with van der Waals surface area (Å²) in [6, 6.07) is 20.9. The first-order valence-electron chi connectivity index (χ1n) is 8.33. The molecule has 0 amide bonds. The number of benzene rings is 2. The van der Waals surface area contributed by atoms with Gasteiger partial charge in [-0.05, 0) is 34.9 Å². The van der Waals surface area contributed by atoms with Crippen molar-refractivity contribution in [3.8, 4) is 33.8 Å². The number of hydrogen-bond donors (Lipinski definition) is 3. The van der Waals surface area contributed by atoms with E-state index in [0.29, 0.717) is 17.1 Å². The Balaban J connectivity index is 1.83. The third kappa shape index (κ3) is 3.28. The Morgan fingerprint density at radius 3 is 2.41 bits per heavy atom. The number of nitrogens with two attached hydrogens (primary N) is 1. The van der Waals surface area contributed by atoms with Crippen molar-refractivity contribution in [1.29, 1.82) is 0 Å². The second-order valence-corrected chi connectivity index (χ2v) is 6.02. The normalized spacial score (nSPS) is 10.7. The van der Waals surface area contributed by atoms with Crippen LogP contribution in [0.3, 0.4) is 0 Å². The number of nitrogen functional groups attached to an aromatic ring is 1. The van der Waals surface area contributed by atoms with E-state index < -0.39 is 5.97 Å². The first kappa shape index (κ1) is 16.5. The molecule has 0 saturated heterocycles. The molecule has 0 bridgehead atoms. The summed E-state index contributed by atoms with van der Waals surface area (Å²) >= 11 is 0. The molecule has 4 rings (SSSR count). The van der Waals surface area contributed by atoms with Crippen LogP contribution in [0.5, 0.6) is 0 Å². The van der Waals surface area contributed by atoms with Gasteiger partial charge in [0.15, 0.2) is 0 Å². The zero-order chi connectivity index (χ0) is 18.8. The number of nitrogens with zero attached hydrogens (tertiary/aromatic N) is 2. The van der Waals surface area contributed by atoms with Crippen LogP contribution < -0.4 is 5.73 Å². The molecule has 0 aliphatic carbocycles. The van der Waals surface area contributed by atoms with Crippen molar-refractivity contribution < 1.29 is 9.90 Å². The van der Waals surface area contributed by atoms with Crippen LogP contribution in [-0.4, -0.2) is 26.0 Å². The quantitative estimate of drug-likeness (QED) is 0.511. The molecule has 4 N–H and O–H groups in total. The number of aromatic amines is 1. The van der Waals surface area contributed by atoms with Crippen LogP contribution in [0.25, 0.3) is 33.8 Å². The Labute approximate surface area is 155 Å². The number of carboxylic acids is 1. The fraction of sp³-hybridized carbons (Fsp3) is 0. The van der Waals surface area contributed by atoms with Gasteiger partial charge in [-0.1, -0.05) is 48.5 Å². The van der Waals surface area contributed by atoms with Crippen LogP contribution in [0, 0.1) is 0 Å². The molecule has 27 heavy (non-hydrogen) atoms. The zero-order valence-electron chi connectivity index (χ0n) is 14.3. The first-order valence-corrected chi connectivity index (χ1v) is 8.33. The van der Waals surface area contributed by atoms with Crippen molar-refractivity contribution in [1.82, 2.24) is 15.0 Å². The fourth-order valence-electron chi connectivity index (χ4n) is 3.00. The number of aromatic carboxylic acids is 1. The third-order valence-electron chi connectivity index (χ3n) is 4.26. The second-order valence-electron chi connectivity index (χ2n) is 6.02. The maximum atomic E-state index is 11.8. The number of rotatable bonds is 4. The van der Waals surface area contributed by atoms with E-state index in [1.807, 2.05) is 54.6 Å². The Bertz CT molecular complexity index is 1120. The molecular formula is C21H16N4O2. The van der Waals surface area contributed by atoms with Crippen LogP contribution in [0.1, 0.15) is 10.4 Å². The fourth-order valence-corrected chi connectivity index (χ4v) is 3.00. The van der Waals surface area contributed by atoms with Gasteiger partial charge in [0, 0.05) is 6.20 Å². The summed E-state index contributed by atoms with van der Waals surface area (Å²) in [5.41, 5.74) is 10.3. The third-order valence-corrected chi connectivity index (χ3v) is 4.26. The van der Waals surface area contributed by atoms with Gasteiger partial charge in [0.1, 0.15) is 0 Å². The van der Waals surface area contributed by atoms with Crippen LogP contribution >= 0.6 is 0 Å². The molecule has 6 heteroatoms. The topological polar surface area (TPSA) is 105 Å². The molecule has 0 radical (unpaired) electrons. The zero-order valence-corrected chi connectivity index (χ0v) is 14.3. The maximum absolute atomic E-state index is 11.8. The molecule has 2 aromatic heterocycles. The van der Waals surface area contributed by atoms with Crippen LogP contribution in [0.15, 0.2) is 72.9 Å². The van der Waals surface area contributed by atoms with Crippen molar-refractivity contribution in [3.05, 3.63) is 78.5 Å². The smallest absolute Gasteiger partial charge is 0.337 e. The Morgan fingerprint density at radius 2 is 1.67 bits per heavy atom. The predicted molar refractivity (Wildman–Crippen MR) is 104 cm³/mol. The van der Waals surface area contributed by atoms with Crippen molar-refractivity contribution in [2.75, 3.05) is 5.73 Å². The number of nitrogens with one attached hydrogen (secondary N) is 1. The van der Waals surface area contributed by atoms with E-state index in [-0.39, 0.29) is 11.5 Å². The van der Waals surface area contributed by atoms with E-state index in [4.69, 9.17) is 5.73 Å². The summed E-state index contributed by atoms with van der Waals surface area (Å²) in [4.78, 5) is 23.0. The largest absolute Gasteiger partial charge is 0.478 e. The van der Waals surface area contributed by atoms with Crippen molar-refractivity contribution in [3.63, 3.8) is 0 Å². The van der Waals surface area contributed by atoms with E-state index in [1.54, 1.807) is 12.1 Å².